The molecule has 1 aromatic carbocycles. The van der Waals surface area contributed by atoms with Crippen molar-refractivity contribution >= 4 is 5.69 Å². The summed E-state index contributed by atoms with van der Waals surface area (Å²) in [4.78, 5) is 10.4. The van der Waals surface area contributed by atoms with Crippen LogP contribution in [0, 0.1) is 16.0 Å². The molecule has 0 fully saturated rings. The highest BCUT2D eigenvalue weighted by atomic mass is 16.6. The van der Waals surface area contributed by atoms with E-state index in [1.54, 1.807) is 25.1 Å². The summed E-state index contributed by atoms with van der Waals surface area (Å²) in [6.45, 7) is 5.01. The summed E-state index contributed by atoms with van der Waals surface area (Å²) < 4.78 is 0. The number of hydrogen-bond acceptors (Lipinski definition) is 4. The molecule has 0 amide bonds. The van der Waals surface area contributed by atoms with E-state index in [9.17, 15) is 15.2 Å². The highest BCUT2D eigenvalue weighted by molar-refractivity contribution is 5.39. The van der Waals surface area contributed by atoms with Crippen molar-refractivity contribution in [2.24, 2.45) is 5.92 Å². The third-order valence-electron chi connectivity index (χ3n) is 2.74. The van der Waals surface area contributed by atoms with Crippen molar-refractivity contribution in [2.45, 2.75) is 32.9 Å². The second-order valence-electron chi connectivity index (χ2n) is 4.71. The first kappa shape index (κ1) is 14.6. The van der Waals surface area contributed by atoms with Crippen molar-refractivity contribution in [2.75, 3.05) is 6.54 Å². The van der Waals surface area contributed by atoms with Crippen molar-refractivity contribution in [3.63, 3.8) is 0 Å². The number of nitro groups is 1. The normalized spacial score (nSPS) is 14.2. The molecule has 0 aliphatic heterocycles. The Labute approximate surface area is 107 Å². The number of aliphatic hydroxyl groups is 1. The Morgan fingerprint density at radius 1 is 1.39 bits per heavy atom. The number of nitrogens with one attached hydrogen (secondary N) is 1. The van der Waals surface area contributed by atoms with Crippen LogP contribution in [-0.4, -0.2) is 22.7 Å². The Kier molecular flexibility index (Phi) is 5.74. The van der Waals surface area contributed by atoms with E-state index in [1.807, 2.05) is 6.92 Å². The fourth-order valence-corrected chi connectivity index (χ4v) is 1.96. The van der Waals surface area contributed by atoms with Crippen molar-refractivity contribution in [1.82, 2.24) is 5.32 Å². The van der Waals surface area contributed by atoms with E-state index >= 15 is 0 Å². The summed E-state index contributed by atoms with van der Waals surface area (Å²) in [5.74, 6) is 0.341. The predicted molar refractivity (Wildman–Crippen MR) is 70.3 cm³/mol. The van der Waals surface area contributed by atoms with E-state index in [1.165, 1.54) is 6.07 Å². The summed E-state index contributed by atoms with van der Waals surface area (Å²) in [5.41, 5.74) is 0.833. The minimum Gasteiger partial charge on any atom is -0.393 e. The molecule has 0 aliphatic rings. The summed E-state index contributed by atoms with van der Waals surface area (Å²) in [7, 11) is 0. The van der Waals surface area contributed by atoms with Crippen LogP contribution in [0.4, 0.5) is 5.69 Å². The lowest BCUT2D eigenvalue weighted by molar-refractivity contribution is -0.385. The van der Waals surface area contributed by atoms with Crippen LogP contribution in [-0.2, 0) is 6.54 Å². The summed E-state index contributed by atoms with van der Waals surface area (Å²) in [6, 6.07) is 6.72. The second kappa shape index (κ2) is 7.08. The van der Waals surface area contributed by atoms with Crippen LogP contribution in [0.15, 0.2) is 24.3 Å². The first-order valence-corrected chi connectivity index (χ1v) is 6.11. The predicted octanol–water partition coefficient (Wildman–Crippen LogP) is 2.09. The minimum absolute atomic E-state index is 0.146. The van der Waals surface area contributed by atoms with Crippen LogP contribution in [0.25, 0.3) is 0 Å². The van der Waals surface area contributed by atoms with Gasteiger partial charge in [-0.1, -0.05) is 25.1 Å². The molecule has 5 nitrogen and oxygen atoms in total. The smallest absolute Gasteiger partial charge is 0.273 e. The van der Waals surface area contributed by atoms with Crippen molar-refractivity contribution in [1.29, 1.82) is 0 Å². The number of aliphatic hydroxyl groups excluding tert-OH is 1. The maximum atomic E-state index is 10.8. The van der Waals surface area contributed by atoms with Crippen molar-refractivity contribution in [3.05, 3.63) is 39.9 Å². The Hall–Kier alpha value is -1.46. The van der Waals surface area contributed by atoms with Crippen molar-refractivity contribution < 1.29 is 10.0 Å². The van der Waals surface area contributed by atoms with E-state index in [0.29, 0.717) is 18.0 Å². The lowest BCUT2D eigenvalue weighted by Gasteiger charge is -2.14. The fourth-order valence-electron chi connectivity index (χ4n) is 1.96. The van der Waals surface area contributed by atoms with Gasteiger partial charge in [0.2, 0.25) is 0 Å². The Morgan fingerprint density at radius 2 is 2.06 bits per heavy atom. The molecule has 2 unspecified atom stereocenters. The molecule has 0 saturated heterocycles. The largest absolute Gasteiger partial charge is 0.393 e. The second-order valence-corrected chi connectivity index (χ2v) is 4.71. The lowest BCUT2D eigenvalue weighted by atomic mass is 10.0. The zero-order chi connectivity index (χ0) is 13.5. The molecule has 18 heavy (non-hydrogen) atoms. The molecule has 5 heteroatoms. The van der Waals surface area contributed by atoms with Gasteiger partial charge in [0.25, 0.3) is 5.69 Å². The maximum absolute atomic E-state index is 10.8. The molecule has 0 spiro atoms. The maximum Gasteiger partial charge on any atom is 0.273 e. The molecule has 0 radical (unpaired) electrons. The molecule has 0 heterocycles. The zero-order valence-electron chi connectivity index (χ0n) is 10.8. The third-order valence-corrected chi connectivity index (χ3v) is 2.74. The van der Waals surface area contributed by atoms with Gasteiger partial charge in [0.05, 0.1) is 11.0 Å². The van der Waals surface area contributed by atoms with Gasteiger partial charge in [-0.15, -0.1) is 0 Å². The summed E-state index contributed by atoms with van der Waals surface area (Å²) in [6.07, 6.45) is 0.414. The van der Waals surface area contributed by atoms with Crippen LogP contribution in [0.5, 0.6) is 0 Å². The molecular formula is C13H20N2O3. The lowest BCUT2D eigenvalue weighted by Crippen LogP contribution is -2.23. The molecule has 2 atom stereocenters. The Balaban J connectivity index is 2.46. The van der Waals surface area contributed by atoms with E-state index in [4.69, 9.17) is 0 Å². The number of para-hydroxylation sites is 1. The molecule has 0 aromatic heterocycles. The van der Waals surface area contributed by atoms with Crippen molar-refractivity contribution in [3.8, 4) is 0 Å². The van der Waals surface area contributed by atoms with Crippen LogP contribution >= 0.6 is 0 Å². The van der Waals surface area contributed by atoms with E-state index in [0.717, 1.165) is 13.0 Å². The Morgan fingerprint density at radius 3 is 2.67 bits per heavy atom. The average Bonchev–Trinajstić information content (AvgIpc) is 2.28. The number of nitrogens with zero attached hydrogens (tertiary/aromatic N) is 1. The molecular weight excluding hydrogens is 232 g/mol. The standard InChI is InChI=1S/C13H20N2O3/c1-10(7-11(2)16)8-14-9-12-5-3-4-6-13(12)15(17)18/h3-6,10-11,14,16H,7-9H2,1-2H3. The van der Waals surface area contributed by atoms with Crippen LogP contribution in [0.1, 0.15) is 25.8 Å². The molecule has 0 aliphatic carbocycles. The van der Waals surface area contributed by atoms with E-state index < -0.39 is 0 Å². The summed E-state index contributed by atoms with van der Waals surface area (Å²) >= 11 is 0. The van der Waals surface area contributed by atoms with Gasteiger partial charge in [-0.2, -0.15) is 0 Å². The van der Waals surface area contributed by atoms with Gasteiger partial charge >= 0.3 is 0 Å². The molecule has 0 bridgehead atoms. The van der Waals surface area contributed by atoms with Gasteiger partial charge in [-0.05, 0) is 25.8 Å². The van der Waals surface area contributed by atoms with Gasteiger partial charge in [-0.3, -0.25) is 10.1 Å². The Bertz CT molecular complexity index is 394. The topological polar surface area (TPSA) is 75.4 Å². The van der Waals surface area contributed by atoms with Gasteiger partial charge in [0.1, 0.15) is 0 Å². The highest BCUT2D eigenvalue weighted by Crippen LogP contribution is 2.17. The SMILES string of the molecule is CC(O)CC(C)CNCc1ccccc1[N+](=O)[O-]. The van der Waals surface area contributed by atoms with Gasteiger partial charge in [0, 0.05) is 18.2 Å². The van der Waals surface area contributed by atoms with Gasteiger partial charge < -0.3 is 10.4 Å². The highest BCUT2D eigenvalue weighted by Gasteiger charge is 2.12. The molecule has 2 N–H and O–H groups in total. The molecule has 1 aromatic rings. The van der Waals surface area contributed by atoms with Crippen LogP contribution < -0.4 is 5.32 Å². The third kappa shape index (κ3) is 4.81. The fraction of sp³-hybridized carbons (Fsp3) is 0.538. The quantitative estimate of drug-likeness (QED) is 0.575. The molecule has 0 saturated carbocycles. The van der Waals surface area contributed by atoms with Crippen LogP contribution in [0.2, 0.25) is 0 Å². The minimum atomic E-state index is -0.365. The number of benzene rings is 1. The van der Waals surface area contributed by atoms with E-state index in [2.05, 4.69) is 5.32 Å². The van der Waals surface area contributed by atoms with Gasteiger partial charge in [0.15, 0.2) is 0 Å². The zero-order valence-corrected chi connectivity index (χ0v) is 10.8. The molecule has 1 rings (SSSR count). The number of hydrogen-bond donors (Lipinski definition) is 2. The first-order chi connectivity index (χ1) is 8.50. The monoisotopic (exact) mass is 252 g/mol. The molecule has 100 valence electrons. The number of nitro benzene ring substituents is 1. The number of rotatable bonds is 7. The average molecular weight is 252 g/mol. The van der Waals surface area contributed by atoms with Crippen LogP contribution in [0.3, 0.4) is 0 Å². The van der Waals surface area contributed by atoms with E-state index in [-0.39, 0.29) is 16.7 Å². The summed E-state index contributed by atoms with van der Waals surface area (Å²) in [5, 5.41) is 23.2. The first-order valence-electron chi connectivity index (χ1n) is 6.11. The van der Waals surface area contributed by atoms with Gasteiger partial charge in [-0.25, -0.2) is 0 Å².